The molecule has 0 amide bonds. The first-order valence-corrected chi connectivity index (χ1v) is 6.54. The first-order valence-electron chi connectivity index (χ1n) is 5.72. The normalized spacial score (nSPS) is 10.2. The molecule has 0 aliphatic rings. The zero-order valence-electron chi connectivity index (χ0n) is 10.4. The third-order valence-electron chi connectivity index (χ3n) is 2.25. The lowest BCUT2D eigenvalue weighted by molar-refractivity contribution is 0.0527. The van der Waals surface area contributed by atoms with Gasteiger partial charge < -0.3 is 10.5 Å². The highest BCUT2D eigenvalue weighted by molar-refractivity contribution is 7.99. The first kappa shape index (κ1) is 13.4. The molecule has 19 heavy (non-hydrogen) atoms. The number of pyridine rings is 2. The van der Waals surface area contributed by atoms with Crippen LogP contribution in [0, 0.1) is 0 Å². The van der Waals surface area contributed by atoms with E-state index in [2.05, 4.69) is 9.97 Å². The lowest BCUT2D eigenvalue weighted by atomic mass is 10.2. The third kappa shape index (κ3) is 3.45. The Labute approximate surface area is 115 Å². The van der Waals surface area contributed by atoms with Gasteiger partial charge in [-0.05, 0) is 25.1 Å². The summed E-state index contributed by atoms with van der Waals surface area (Å²) < 4.78 is 4.94. The maximum absolute atomic E-state index is 11.7. The van der Waals surface area contributed by atoms with E-state index in [1.54, 1.807) is 19.2 Å². The van der Waals surface area contributed by atoms with Gasteiger partial charge in [-0.3, -0.25) is 0 Å². The van der Waals surface area contributed by atoms with Crippen molar-refractivity contribution in [2.24, 2.45) is 0 Å². The average molecular weight is 275 g/mol. The molecular weight excluding hydrogens is 262 g/mol. The molecular formula is C13H13N3O2S. The molecule has 2 aromatic rings. The summed E-state index contributed by atoms with van der Waals surface area (Å²) in [5, 5.41) is 1.45. The monoisotopic (exact) mass is 275 g/mol. The van der Waals surface area contributed by atoms with Gasteiger partial charge in [0.05, 0.1) is 24.1 Å². The highest BCUT2D eigenvalue weighted by atomic mass is 32.2. The van der Waals surface area contributed by atoms with Crippen LogP contribution in [-0.2, 0) is 4.74 Å². The molecule has 0 aromatic carbocycles. The van der Waals surface area contributed by atoms with Crippen molar-refractivity contribution < 1.29 is 9.53 Å². The van der Waals surface area contributed by atoms with Crippen LogP contribution < -0.4 is 5.73 Å². The summed E-state index contributed by atoms with van der Waals surface area (Å²) in [5.41, 5.74) is 6.36. The van der Waals surface area contributed by atoms with E-state index in [0.717, 1.165) is 5.03 Å². The number of anilines is 1. The summed E-state index contributed by atoms with van der Waals surface area (Å²) >= 11 is 1.36. The van der Waals surface area contributed by atoms with Gasteiger partial charge in [-0.1, -0.05) is 17.8 Å². The van der Waals surface area contributed by atoms with Gasteiger partial charge in [0, 0.05) is 6.20 Å². The minimum Gasteiger partial charge on any atom is -0.462 e. The van der Waals surface area contributed by atoms with Gasteiger partial charge in [0.1, 0.15) is 10.1 Å². The lowest BCUT2D eigenvalue weighted by Gasteiger charge is -2.06. The van der Waals surface area contributed by atoms with E-state index < -0.39 is 5.97 Å². The van der Waals surface area contributed by atoms with Crippen LogP contribution >= 0.6 is 11.8 Å². The quantitative estimate of drug-likeness (QED) is 0.863. The number of esters is 1. The second-order valence-electron chi connectivity index (χ2n) is 3.60. The molecule has 0 unspecified atom stereocenters. The van der Waals surface area contributed by atoms with Gasteiger partial charge in [0.2, 0.25) is 0 Å². The number of hydrogen-bond acceptors (Lipinski definition) is 6. The van der Waals surface area contributed by atoms with Gasteiger partial charge in [-0.2, -0.15) is 0 Å². The summed E-state index contributed by atoms with van der Waals surface area (Å²) in [4.78, 5) is 20.1. The number of ether oxygens (including phenoxy) is 1. The van der Waals surface area contributed by atoms with Gasteiger partial charge in [-0.15, -0.1) is 0 Å². The molecule has 0 radical (unpaired) electrons. The summed E-state index contributed by atoms with van der Waals surface area (Å²) in [6, 6.07) is 7.21. The van der Waals surface area contributed by atoms with Crippen molar-refractivity contribution in [3.63, 3.8) is 0 Å². The maximum Gasteiger partial charge on any atom is 0.340 e. The van der Waals surface area contributed by atoms with Gasteiger partial charge in [0.15, 0.2) is 0 Å². The Bertz CT molecular complexity index is 575. The minimum absolute atomic E-state index is 0.309. The molecule has 98 valence electrons. The standard InChI is InChI=1S/C13H13N3O2S/c1-2-18-13(17)9-7-12(16-8-10(9)14)19-11-5-3-4-6-15-11/h3-8H,2,14H2,1H3. The van der Waals surface area contributed by atoms with Crippen molar-refractivity contribution in [2.45, 2.75) is 17.0 Å². The Hall–Kier alpha value is -2.08. The maximum atomic E-state index is 11.7. The minimum atomic E-state index is -0.440. The fourth-order valence-electron chi connectivity index (χ4n) is 1.40. The van der Waals surface area contributed by atoms with Gasteiger partial charge in [0.25, 0.3) is 0 Å². The number of carbonyl (C=O) groups is 1. The Morgan fingerprint density at radius 3 is 2.89 bits per heavy atom. The van der Waals surface area contributed by atoms with Crippen molar-refractivity contribution >= 4 is 23.4 Å². The number of nitrogen functional groups attached to an aromatic ring is 1. The number of carbonyl (C=O) groups excluding carboxylic acids is 1. The first-order chi connectivity index (χ1) is 9.20. The average Bonchev–Trinajstić information content (AvgIpc) is 2.42. The summed E-state index contributed by atoms with van der Waals surface area (Å²) in [6.45, 7) is 2.06. The Morgan fingerprint density at radius 1 is 1.37 bits per heavy atom. The summed E-state index contributed by atoms with van der Waals surface area (Å²) in [5.74, 6) is -0.440. The third-order valence-corrected chi connectivity index (χ3v) is 3.13. The van der Waals surface area contributed by atoms with E-state index in [0.29, 0.717) is 22.9 Å². The number of aromatic nitrogens is 2. The van der Waals surface area contributed by atoms with E-state index in [9.17, 15) is 4.79 Å². The fourth-order valence-corrected chi connectivity index (χ4v) is 2.16. The van der Waals surface area contributed by atoms with E-state index in [1.807, 2.05) is 18.2 Å². The molecule has 2 heterocycles. The molecule has 0 spiro atoms. The topological polar surface area (TPSA) is 78.1 Å². The van der Waals surface area contributed by atoms with Crippen LogP contribution in [0.5, 0.6) is 0 Å². The van der Waals surface area contributed by atoms with Crippen molar-refractivity contribution in [1.29, 1.82) is 0 Å². The molecule has 0 aliphatic carbocycles. The molecule has 2 rings (SSSR count). The largest absolute Gasteiger partial charge is 0.462 e. The fraction of sp³-hybridized carbons (Fsp3) is 0.154. The molecule has 2 aromatic heterocycles. The smallest absolute Gasteiger partial charge is 0.340 e. The predicted molar refractivity (Wildman–Crippen MR) is 73.0 cm³/mol. The predicted octanol–water partition coefficient (Wildman–Crippen LogP) is 2.39. The van der Waals surface area contributed by atoms with Crippen LogP contribution in [0.1, 0.15) is 17.3 Å². The molecule has 0 fully saturated rings. The van der Waals surface area contributed by atoms with Crippen LogP contribution in [0.15, 0.2) is 46.7 Å². The van der Waals surface area contributed by atoms with Crippen molar-refractivity contribution in [2.75, 3.05) is 12.3 Å². The second-order valence-corrected chi connectivity index (χ2v) is 4.64. The zero-order valence-corrected chi connectivity index (χ0v) is 11.2. The van der Waals surface area contributed by atoms with Gasteiger partial charge >= 0.3 is 5.97 Å². The lowest BCUT2D eigenvalue weighted by Crippen LogP contribution is -2.08. The van der Waals surface area contributed by atoms with Crippen LogP contribution in [0.3, 0.4) is 0 Å². The van der Waals surface area contributed by atoms with Crippen molar-refractivity contribution in [3.05, 3.63) is 42.2 Å². The van der Waals surface area contributed by atoms with E-state index in [4.69, 9.17) is 10.5 Å². The summed E-state index contributed by atoms with van der Waals surface area (Å²) in [7, 11) is 0. The Kier molecular flexibility index (Phi) is 4.35. The molecule has 0 bridgehead atoms. The Balaban J connectivity index is 2.23. The highest BCUT2D eigenvalue weighted by Gasteiger charge is 2.13. The van der Waals surface area contributed by atoms with Crippen LogP contribution in [-0.4, -0.2) is 22.5 Å². The van der Waals surface area contributed by atoms with Crippen LogP contribution in [0.2, 0.25) is 0 Å². The summed E-state index contributed by atoms with van der Waals surface area (Å²) in [6.07, 6.45) is 3.16. The van der Waals surface area contributed by atoms with E-state index >= 15 is 0 Å². The van der Waals surface area contributed by atoms with Gasteiger partial charge in [-0.25, -0.2) is 14.8 Å². The number of hydrogen-bond donors (Lipinski definition) is 1. The SMILES string of the molecule is CCOC(=O)c1cc(Sc2ccccn2)ncc1N. The second kappa shape index (κ2) is 6.19. The number of nitrogens with zero attached hydrogens (tertiary/aromatic N) is 2. The zero-order chi connectivity index (χ0) is 13.7. The van der Waals surface area contributed by atoms with Crippen LogP contribution in [0.4, 0.5) is 5.69 Å². The molecule has 5 nitrogen and oxygen atoms in total. The van der Waals surface area contributed by atoms with Crippen molar-refractivity contribution in [3.8, 4) is 0 Å². The molecule has 6 heteroatoms. The molecule has 0 aliphatic heterocycles. The van der Waals surface area contributed by atoms with Crippen LogP contribution in [0.25, 0.3) is 0 Å². The molecule has 0 saturated carbocycles. The van der Waals surface area contributed by atoms with E-state index in [1.165, 1.54) is 18.0 Å². The highest BCUT2D eigenvalue weighted by Crippen LogP contribution is 2.26. The number of rotatable bonds is 4. The molecule has 2 N–H and O–H groups in total. The number of nitrogens with two attached hydrogens (primary N) is 1. The Morgan fingerprint density at radius 2 is 2.21 bits per heavy atom. The molecule has 0 saturated heterocycles. The van der Waals surface area contributed by atoms with Crippen molar-refractivity contribution in [1.82, 2.24) is 9.97 Å². The van der Waals surface area contributed by atoms with E-state index in [-0.39, 0.29) is 0 Å². The molecule has 0 atom stereocenters.